The molecule has 1 N–H and O–H groups in total. The molecule has 2 aromatic carbocycles. The average Bonchev–Trinajstić information content (AvgIpc) is 3.08. The number of aromatic nitrogens is 2. The van der Waals surface area contributed by atoms with Crippen LogP contribution in [0.4, 0.5) is 0 Å². The van der Waals surface area contributed by atoms with Gasteiger partial charge in [-0.15, -0.1) is 0 Å². The highest BCUT2D eigenvalue weighted by Crippen LogP contribution is 2.33. The molecule has 1 amide bonds. The minimum absolute atomic E-state index is 0.258. The zero-order chi connectivity index (χ0) is 20.3. The highest BCUT2D eigenvalue weighted by atomic mass is 35.5. The molecule has 1 heterocycles. The van der Waals surface area contributed by atoms with Crippen LogP contribution >= 0.6 is 46.4 Å². The number of imidazole rings is 1. The van der Waals surface area contributed by atoms with E-state index in [4.69, 9.17) is 51.1 Å². The van der Waals surface area contributed by atoms with Crippen molar-refractivity contribution >= 4 is 52.3 Å². The Hall–Kier alpha value is -1.92. The first-order valence-corrected chi connectivity index (χ1v) is 9.65. The van der Waals surface area contributed by atoms with Gasteiger partial charge in [0.1, 0.15) is 17.6 Å². The van der Waals surface area contributed by atoms with E-state index in [2.05, 4.69) is 10.3 Å². The number of carbonyl (C=O) groups excluding carboxylic acids is 1. The van der Waals surface area contributed by atoms with Crippen molar-refractivity contribution in [2.24, 2.45) is 7.05 Å². The van der Waals surface area contributed by atoms with Gasteiger partial charge in [0, 0.05) is 30.5 Å². The van der Waals surface area contributed by atoms with E-state index < -0.39 is 6.04 Å². The van der Waals surface area contributed by atoms with E-state index in [1.54, 1.807) is 24.5 Å². The van der Waals surface area contributed by atoms with Gasteiger partial charge in [-0.3, -0.25) is 4.79 Å². The number of aryl methyl sites for hydroxylation is 1. The molecule has 0 fully saturated rings. The van der Waals surface area contributed by atoms with Crippen LogP contribution in [0, 0.1) is 0 Å². The van der Waals surface area contributed by atoms with Gasteiger partial charge in [0.05, 0.1) is 15.1 Å². The molecule has 0 saturated heterocycles. The minimum Gasteiger partial charge on any atom is -0.482 e. The van der Waals surface area contributed by atoms with Crippen molar-refractivity contribution in [1.82, 2.24) is 14.9 Å². The zero-order valence-electron chi connectivity index (χ0n) is 14.6. The monoisotopic (exact) mass is 457 g/mol. The van der Waals surface area contributed by atoms with Crippen LogP contribution in [0.2, 0.25) is 20.1 Å². The van der Waals surface area contributed by atoms with Crippen LogP contribution < -0.4 is 10.1 Å². The third-order valence-electron chi connectivity index (χ3n) is 3.96. The van der Waals surface area contributed by atoms with Crippen LogP contribution in [0.25, 0.3) is 0 Å². The van der Waals surface area contributed by atoms with Crippen molar-refractivity contribution in [2.75, 3.05) is 6.61 Å². The Morgan fingerprint density at radius 2 is 1.79 bits per heavy atom. The lowest BCUT2D eigenvalue weighted by Gasteiger charge is -2.19. The minimum atomic E-state index is -0.474. The van der Waals surface area contributed by atoms with E-state index in [0.29, 0.717) is 15.9 Å². The highest BCUT2D eigenvalue weighted by molar-refractivity contribution is 6.43. The van der Waals surface area contributed by atoms with Gasteiger partial charge < -0.3 is 14.6 Å². The van der Waals surface area contributed by atoms with Gasteiger partial charge in [0.15, 0.2) is 6.61 Å². The first-order valence-electron chi connectivity index (χ1n) is 8.14. The van der Waals surface area contributed by atoms with Crippen molar-refractivity contribution < 1.29 is 9.53 Å². The van der Waals surface area contributed by atoms with Crippen molar-refractivity contribution in [3.63, 3.8) is 0 Å². The van der Waals surface area contributed by atoms with Crippen molar-refractivity contribution in [3.05, 3.63) is 80.3 Å². The van der Waals surface area contributed by atoms with Gasteiger partial charge in [-0.25, -0.2) is 4.98 Å². The molecule has 1 aromatic heterocycles. The van der Waals surface area contributed by atoms with Crippen LogP contribution in [-0.4, -0.2) is 22.1 Å². The quantitative estimate of drug-likeness (QED) is 0.508. The number of benzene rings is 2. The molecule has 146 valence electrons. The maximum absolute atomic E-state index is 12.5. The Bertz CT molecular complexity index is 989. The molecule has 9 heteroatoms. The Morgan fingerprint density at radius 1 is 1.11 bits per heavy atom. The van der Waals surface area contributed by atoms with Gasteiger partial charge in [-0.1, -0.05) is 58.5 Å². The highest BCUT2D eigenvalue weighted by Gasteiger charge is 2.21. The topological polar surface area (TPSA) is 56.2 Å². The van der Waals surface area contributed by atoms with Crippen LogP contribution in [0.5, 0.6) is 5.75 Å². The molecule has 0 aliphatic rings. The van der Waals surface area contributed by atoms with E-state index in [0.717, 1.165) is 5.56 Å². The summed E-state index contributed by atoms with van der Waals surface area (Å²) in [4.78, 5) is 16.9. The van der Waals surface area contributed by atoms with E-state index in [1.165, 1.54) is 12.1 Å². The number of rotatable bonds is 6. The molecule has 3 rings (SSSR count). The molecule has 0 aliphatic carbocycles. The van der Waals surface area contributed by atoms with Crippen molar-refractivity contribution in [2.45, 2.75) is 6.04 Å². The first kappa shape index (κ1) is 20.8. The molecule has 0 radical (unpaired) electrons. The molecule has 3 aromatic rings. The Kier molecular flexibility index (Phi) is 6.73. The summed E-state index contributed by atoms with van der Waals surface area (Å²) in [6.07, 6.45) is 3.47. The predicted octanol–water partition coefficient (Wildman–Crippen LogP) is 5.32. The molecule has 28 heavy (non-hydrogen) atoms. The van der Waals surface area contributed by atoms with E-state index in [1.807, 2.05) is 23.7 Å². The smallest absolute Gasteiger partial charge is 0.258 e. The number of amides is 1. The number of halogens is 4. The van der Waals surface area contributed by atoms with Gasteiger partial charge >= 0.3 is 0 Å². The summed E-state index contributed by atoms with van der Waals surface area (Å²) in [5.74, 6) is 0.583. The van der Waals surface area contributed by atoms with Crippen molar-refractivity contribution in [1.29, 1.82) is 0 Å². The summed E-state index contributed by atoms with van der Waals surface area (Å²) in [6.45, 7) is -0.258. The van der Waals surface area contributed by atoms with E-state index in [-0.39, 0.29) is 28.3 Å². The summed E-state index contributed by atoms with van der Waals surface area (Å²) < 4.78 is 7.33. The van der Waals surface area contributed by atoms with Gasteiger partial charge in [-0.05, 0) is 23.8 Å². The van der Waals surface area contributed by atoms with E-state index >= 15 is 0 Å². The fraction of sp³-hybridized carbons (Fsp3) is 0.158. The first-order chi connectivity index (χ1) is 13.3. The maximum Gasteiger partial charge on any atom is 0.258 e. The number of hydrogen-bond donors (Lipinski definition) is 1. The predicted molar refractivity (Wildman–Crippen MR) is 112 cm³/mol. The van der Waals surface area contributed by atoms with Gasteiger partial charge in [0.25, 0.3) is 5.91 Å². The number of ether oxygens (including phenoxy) is 1. The lowest BCUT2D eigenvalue weighted by molar-refractivity contribution is -0.123. The largest absolute Gasteiger partial charge is 0.482 e. The molecule has 0 aliphatic heterocycles. The molecular weight excluding hydrogens is 444 g/mol. The van der Waals surface area contributed by atoms with Gasteiger partial charge in [0.2, 0.25) is 0 Å². The number of nitrogens with zero attached hydrogens (tertiary/aromatic N) is 2. The molecule has 0 saturated carbocycles. The van der Waals surface area contributed by atoms with Crippen molar-refractivity contribution in [3.8, 4) is 5.75 Å². The third kappa shape index (κ3) is 4.92. The SMILES string of the molecule is Cn1ccnc1[C@@H](NC(=O)COc1cc(Cl)c(Cl)cc1Cl)c1ccc(Cl)cc1. The fourth-order valence-electron chi connectivity index (χ4n) is 2.57. The molecule has 5 nitrogen and oxygen atoms in total. The normalized spacial score (nSPS) is 11.9. The number of hydrogen-bond acceptors (Lipinski definition) is 3. The Morgan fingerprint density at radius 3 is 2.43 bits per heavy atom. The average molecular weight is 459 g/mol. The van der Waals surface area contributed by atoms with Gasteiger partial charge in [-0.2, -0.15) is 0 Å². The van der Waals surface area contributed by atoms with Crippen LogP contribution in [0.3, 0.4) is 0 Å². The standard InChI is InChI=1S/C19H15Cl4N3O2/c1-26-7-6-24-19(26)18(11-2-4-12(20)5-3-11)25-17(27)10-28-16-9-14(22)13(21)8-15(16)23/h2-9,18H,10H2,1H3,(H,25,27)/t18-/m0/s1. The maximum atomic E-state index is 12.5. The summed E-state index contributed by atoms with van der Waals surface area (Å²) in [5.41, 5.74) is 0.833. The molecular formula is C19H15Cl4N3O2. The molecule has 0 unspecified atom stereocenters. The fourth-order valence-corrected chi connectivity index (χ4v) is 3.29. The second-order valence-electron chi connectivity index (χ2n) is 5.93. The molecule has 0 spiro atoms. The van der Waals surface area contributed by atoms with Crippen LogP contribution in [0.1, 0.15) is 17.4 Å². The van der Waals surface area contributed by atoms with Crippen LogP contribution in [0.15, 0.2) is 48.8 Å². The van der Waals surface area contributed by atoms with Crippen LogP contribution in [-0.2, 0) is 11.8 Å². The van der Waals surface area contributed by atoms with E-state index in [9.17, 15) is 4.79 Å². The summed E-state index contributed by atoms with van der Waals surface area (Å²) >= 11 is 23.9. The summed E-state index contributed by atoms with van der Waals surface area (Å²) in [6, 6.07) is 9.63. The lowest BCUT2D eigenvalue weighted by atomic mass is 10.1. The summed E-state index contributed by atoms with van der Waals surface area (Å²) in [5, 5.41) is 4.38. The number of carbonyl (C=O) groups is 1. The third-order valence-corrected chi connectivity index (χ3v) is 5.23. The Balaban J connectivity index is 1.76. The lowest BCUT2D eigenvalue weighted by Crippen LogP contribution is -2.34. The molecule has 0 bridgehead atoms. The Labute approximate surface area is 182 Å². The summed E-state index contributed by atoms with van der Waals surface area (Å²) in [7, 11) is 1.85. The number of nitrogens with one attached hydrogen (secondary N) is 1. The molecule has 1 atom stereocenters. The zero-order valence-corrected chi connectivity index (χ0v) is 17.6. The second kappa shape index (κ2) is 9.05. The second-order valence-corrected chi connectivity index (χ2v) is 7.59.